The molecular formula is C17H16ClF4N3O5. The van der Waals surface area contributed by atoms with Crippen molar-refractivity contribution in [1.82, 2.24) is 4.90 Å². The number of benzene rings is 1. The molecule has 2 aliphatic heterocycles. The Hall–Kier alpha value is -2.57. The molecule has 0 fully saturated rings. The van der Waals surface area contributed by atoms with Crippen LogP contribution in [0, 0.1) is 5.82 Å². The number of allylic oxidation sites excluding steroid dienone is 1. The number of carboxylic acid groups (broad SMARTS) is 1. The summed E-state index contributed by atoms with van der Waals surface area (Å²) in [7, 11) is 0.921. The fraction of sp³-hybridized carbons (Fsp3) is 0.412. The van der Waals surface area contributed by atoms with Crippen molar-refractivity contribution >= 4 is 29.0 Å². The molecule has 0 saturated heterocycles. The summed E-state index contributed by atoms with van der Waals surface area (Å²) in [5, 5.41) is 33.2. The van der Waals surface area contributed by atoms with Gasteiger partial charge in [-0.15, -0.1) is 0 Å². The molecule has 0 bridgehead atoms. The quantitative estimate of drug-likeness (QED) is 0.603. The SMILES string of the molecule is CN1C(C(F)(F)F)=CC(O)N(c2cc(C3=NOC(C)(C(=O)O)C3)c(Cl)cc2F)C1O. The molecule has 164 valence electrons. The number of carboxylic acids is 1. The van der Waals surface area contributed by atoms with Crippen LogP contribution in [0.4, 0.5) is 23.2 Å². The van der Waals surface area contributed by atoms with E-state index in [1.54, 1.807) is 0 Å². The number of aliphatic carboxylic acids is 1. The van der Waals surface area contributed by atoms with Gasteiger partial charge in [0.2, 0.25) is 12.0 Å². The molecule has 1 aromatic rings. The van der Waals surface area contributed by atoms with Gasteiger partial charge in [-0.3, -0.25) is 4.90 Å². The van der Waals surface area contributed by atoms with E-state index in [1.165, 1.54) is 6.92 Å². The molecule has 0 spiro atoms. The van der Waals surface area contributed by atoms with Gasteiger partial charge in [-0.05, 0) is 25.1 Å². The van der Waals surface area contributed by atoms with E-state index in [4.69, 9.17) is 16.4 Å². The minimum Gasteiger partial charge on any atom is -0.478 e. The van der Waals surface area contributed by atoms with Gasteiger partial charge in [0.25, 0.3) is 0 Å². The van der Waals surface area contributed by atoms with E-state index in [9.17, 15) is 37.7 Å². The molecule has 3 rings (SSSR count). The van der Waals surface area contributed by atoms with E-state index in [2.05, 4.69) is 5.16 Å². The van der Waals surface area contributed by atoms with Gasteiger partial charge >= 0.3 is 12.1 Å². The van der Waals surface area contributed by atoms with Crippen LogP contribution < -0.4 is 4.90 Å². The second-order valence-corrected chi connectivity index (χ2v) is 7.36. The predicted octanol–water partition coefficient (Wildman–Crippen LogP) is 2.24. The van der Waals surface area contributed by atoms with Gasteiger partial charge in [0.1, 0.15) is 11.5 Å². The zero-order valence-corrected chi connectivity index (χ0v) is 16.2. The van der Waals surface area contributed by atoms with E-state index < -0.39 is 47.5 Å². The lowest BCUT2D eigenvalue weighted by molar-refractivity contribution is -0.160. The van der Waals surface area contributed by atoms with E-state index >= 15 is 0 Å². The minimum atomic E-state index is -4.86. The highest BCUT2D eigenvalue weighted by Gasteiger charge is 2.46. The molecule has 8 nitrogen and oxygen atoms in total. The average molecular weight is 454 g/mol. The number of carbonyl (C=O) groups is 1. The maximum absolute atomic E-state index is 14.6. The Bertz CT molecular complexity index is 954. The highest BCUT2D eigenvalue weighted by molar-refractivity contribution is 6.34. The molecular weight excluding hydrogens is 438 g/mol. The Morgan fingerprint density at radius 3 is 2.53 bits per heavy atom. The standard InChI is InChI=1S/C17H16ClF4N3O5/c1-16(14(27)28)6-10(23-30-16)7-3-11(9(19)4-8(7)18)25-13(26)5-12(17(20,21)22)24(2)15(25)29/h3-5,13,15,26,29H,6H2,1-2H3,(H,27,28). The largest absolute Gasteiger partial charge is 0.478 e. The monoisotopic (exact) mass is 453 g/mol. The molecule has 30 heavy (non-hydrogen) atoms. The predicted molar refractivity (Wildman–Crippen MR) is 96.1 cm³/mol. The second kappa shape index (κ2) is 7.29. The third kappa shape index (κ3) is 3.66. The van der Waals surface area contributed by atoms with E-state index in [1.807, 2.05) is 0 Å². The van der Waals surface area contributed by atoms with E-state index in [0.29, 0.717) is 15.9 Å². The molecule has 2 heterocycles. The molecule has 13 heteroatoms. The van der Waals surface area contributed by atoms with Crippen molar-refractivity contribution in [1.29, 1.82) is 0 Å². The first-order valence-corrected chi connectivity index (χ1v) is 8.78. The van der Waals surface area contributed by atoms with E-state index in [0.717, 1.165) is 19.2 Å². The van der Waals surface area contributed by atoms with Gasteiger partial charge < -0.3 is 25.1 Å². The third-order valence-corrected chi connectivity index (χ3v) is 5.11. The van der Waals surface area contributed by atoms with Crippen LogP contribution in [0.3, 0.4) is 0 Å². The average Bonchev–Trinajstić information content (AvgIpc) is 3.02. The second-order valence-electron chi connectivity index (χ2n) is 6.95. The Balaban J connectivity index is 2.03. The van der Waals surface area contributed by atoms with Gasteiger partial charge in [0, 0.05) is 19.0 Å². The number of halogens is 5. The maximum Gasteiger partial charge on any atom is 0.431 e. The van der Waals surface area contributed by atoms with Gasteiger partial charge in [0.15, 0.2) is 6.23 Å². The van der Waals surface area contributed by atoms with Crippen LogP contribution >= 0.6 is 11.6 Å². The van der Waals surface area contributed by atoms with Crippen molar-refractivity contribution in [2.75, 3.05) is 11.9 Å². The van der Waals surface area contributed by atoms with Gasteiger partial charge in [-0.2, -0.15) is 13.2 Å². The van der Waals surface area contributed by atoms with Crippen LogP contribution in [0.2, 0.25) is 5.02 Å². The molecule has 0 aromatic heterocycles. The van der Waals surface area contributed by atoms with Crippen molar-refractivity contribution in [3.8, 4) is 0 Å². The van der Waals surface area contributed by atoms with Crippen LogP contribution in [-0.2, 0) is 9.63 Å². The van der Waals surface area contributed by atoms with Crippen molar-refractivity contribution in [3.05, 3.63) is 40.3 Å². The fourth-order valence-corrected chi connectivity index (χ4v) is 3.36. The van der Waals surface area contributed by atoms with Crippen molar-refractivity contribution in [2.24, 2.45) is 5.16 Å². The fourth-order valence-electron chi connectivity index (χ4n) is 3.10. The number of rotatable bonds is 3. The maximum atomic E-state index is 14.6. The Morgan fingerprint density at radius 2 is 2.00 bits per heavy atom. The number of hydrogen-bond acceptors (Lipinski definition) is 7. The summed E-state index contributed by atoms with van der Waals surface area (Å²) in [5.41, 5.74) is -3.38. The van der Waals surface area contributed by atoms with Crippen LogP contribution in [0.15, 0.2) is 29.1 Å². The molecule has 0 radical (unpaired) electrons. The number of anilines is 1. The molecule has 3 N–H and O–H groups in total. The highest BCUT2D eigenvalue weighted by Crippen LogP contribution is 2.38. The Labute approximate surface area is 172 Å². The molecule has 1 aromatic carbocycles. The molecule has 3 atom stereocenters. The summed E-state index contributed by atoms with van der Waals surface area (Å²) >= 11 is 6.04. The minimum absolute atomic E-state index is 0.0330. The number of alkyl halides is 3. The third-order valence-electron chi connectivity index (χ3n) is 4.80. The first-order chi connectivity index (χ1) is 13.8. The van der Waals surface area contributed by atoms with E-state index in [-0.39, 0.29) is 22.7 Å². The van der Waals surface area contributed by atoms with Crippen LogP contribution in [0.5, 0.6) is 0 Å². The lowest BCUT2D eigenvalue weighted by Gasteiger charge is -2.43. The molecule has 2 aliphatic rings. The summed E-state index contributed by atoms with van der Waals surface area (Å²) in [6.45, 7) is 1.26. The number of oxime groups is 1. The van der Waals surface area contributed by atoms with Gasteiger partial charge in [0.05, 0.1) is 16.4 Å². The number of nitrogens with zero attached hydrogens (tertiary/aromatic N) is 3. The molecule has 0 amide bonds. The molecule has 3 unspecified atom stereocenters. The first kappa shape index (κ1) is 22.1. The lowest BCUT2D eigenvalue weighted by Crippen LogP contribution is -2.56. The number of aliphatic hydroxyl groups is 2. The van der Waals surface area contributed by atoms with Crippen LogP contribution in [0.25, 0.3) is 0 Å². The zero-order valence-electron chi connectivity index (χ0n) is 15.5. The smallest absolute Gasteiger partial charge is 0.431 e. The van der Waals surface area contributed by atoms with Crippen LogP contribution in [-0.4, -0.2) is 63.3 Å². The topological polar surface area (TPSA) is 106 Å². The Kier molecular flexibility index (Phi) is 5.37. The van der Waals surface area contributed by atoms with Crippen molar-refractivity contribution in [2.45, 2.75) is 37.7 Å². The van der Waals surface area contributed by atoms with Crippen LogP contribution in [0.1, 0.15) is 18.9 Å². The summed E-state index contributed by atoms with van der Waals surface area (Å²) in [5.74, 6) is -2.34. The van der Waals surface area contributed by atoms with Crippen molar-refractivity contribution in [3.63, 3.8) is 0 Å². The summed E-state index contributed by atoms with van der Waals surface area (Å²) in [6.07, 6.45) is -8.77. The number of hydrogen-bond donors (Lipinski definition) is 3. The molecule has 0 saturated carbocycles. The lowest BCUT2D eigenvalue weighted by atomic mass is 9.95. The summed E-state index contributed by atoms with van der Waals surface area (Å²) in [6, 6.07) is 1.85. The zero-order chi connectivity index (χ0) is 22.6. The first-order valence-electron chi connectivity index (χ1n) is 8.40. The Morgan fingerprint density at radius 1 is 1.37 bits per heavy atom. The van der Waals surface area contributed by atoms with Crippen molar-refractivity contribution < 1.29 is 42.5 Å². The summed E-state index contributed by atoms with van der Waals surface area (Å²) in [4.78, 5) is 17.3. The number of aliphatic hydroxyl groups excluding tert-OH is 2. The molecule has 0 aliphatic carbocycles. The highest BCUT2D eigenvalue weighted by atomic mass is 35.5. The van der Waals surface area contributed by atoms with Gasteiger partial charge in [-0.25, -0.2) is 9.18 Å². The normalized spacial score (nSPS) is 27.0. The summed E-state index contributed by atoms with van der Waals surface area (Å²) < 4.78 is 53.9. The van der Waals surface area contributed by atoms with Gasteiger partial charge in [-0.1, -0.05) is 16.8 Å².